The van der Waals surface area contributed by atoms with Crippen LogP contribution in [0.4, 0.5) is 0 Å². The van der Waals surface area contributed by atoms with Gasteiger partial charge in [-0.1, -0.05) is 83.9 Å². The predicted octanol–water partition coefficient (Wildman–Crippen LogP) is 5.84. The summed E-state index contributed by atoms with van der Waals surface area (Å²) in [5, 5.41) is 5.58. The summed E-state index contributed by atoms with van der Waals surface area (Å²) >= 11 is 0. The summed E-state index contributed by atoms with van der Waals surface area (Å²) in [5.41, 5.74) is 2.58. The third kappa shape index (κ3) is 5.83. The lowest BCUT2D eigenvalue weighted by Crippen LogP contribution is -2.20. The fourth-order valence-electron chi connectivity index (χ4n) is 3.74. The third-order valence-corrected chi connectivity index (χ3v) is 11.7. The van der Waals surface area contributed by atoms with Gasteiger partial charge in [0.05, 0.1) is 14.2 Å². The molecule has 33 heavy (non-hydrogen) atoms. The van der Waals surface area contributed by atoms with Gasteiger partial charge in [0.25, 0.3) is 0 Å². The van der Waals surface area contributed by atoms with E-state index >= 15 is 0 Å². The largest absolute Gasteiger partial charge is 0.497 e. The monoisotopic (exact) mass is 472 g/mol. The zero-order valence-corrected chi connectivity index (χ0v) is 21.4. The number of benzene rings is 4. The summed E-state index contributed by atoms with van der Waals surface area (Å²) in [6.07, 6.45) is 0. The van der Waals surface area contributed by atoms with Crippen molar-refractivity contribution in [1.82, 2.24) is 0 Å². The summed E-state index contributed by atoms with van der Waals surface area (Å²) < 4.78 is 10.8. The first kappa shape index (κ1) is 23.5. The normalized spacial score (nSPS) is 12.7. The van der Waals surface area contributed by atoms with Gasteiger partial charge in [0, 0.05) is 5.90 Å². The van der Waals surface area contributed by atoms with Gasteiger partial charge in [-0.25, -0.2) is 0 Å². The molecule has 2 nitrogen and oxygen atoms in total. The fraction of sp³-hybridized carbons (Fsp3) is 0.172. The van der Waals surface area contributed by atoms with Crippen LogP contribution in [-0.2, 0) is 0 Å². The second-order valence-electron chi connectivity index (χ2n) is 8.06. The number of hydrogen-bond donors (Lipinski definition) is 0. The molecule has 0 radical (unpaired) electrons. The van der Waals surface area contributed by atoms with Gasteiger partial charge in [0.2, 0.25) is 0 Å². The van der Waals surface area contributed by atoms with E-state index in [0.717, 1.165) is 17.4 Å². The Labute approximate surface area is 200 Å². The van der Waals surface area contributed by atoms with Gasteiger partial charge in [0.15, 0.2) is 0 Å². The molecule has 168 valence electrons. The molecular formula is C29H30O2P2. The molecule has 0 fully saturated rings. The van der Waals surface area contributed by atoms with Crippen molar-refractivity contribution in [2.24, 2.45) is 0 Å². The molecule has 0 aliphatic carbocycles. The quantitative estimate of drug-likeness (QED) is 0.300. The van der Waals surface area contributed by atoms with E-state index in [1.807, 2.05) is 0 Å². The van der Waals surface area contributed by atoms with Gasteiger partial charge in [0.1, 0.15) is 11.5 Å². The highest BCUT2D eigenvalue weighted by Crippen LogP contribution is 2.49. The number of methoxy groups -OCH3 is 2. The van der Waals surface area contributed by atoms with E-state index in [9.17, 15) is 0 Å². The molecule has 2 unspecified atom stereocenters. The summed E-state index contributed by atoms with van der Waals surface area (Å²) in [5.74, 6) is 2.89. The molecular weight excluding hydrogens is 442 g/mol. The minimum atomic E-state index is -0.544. The van der Waals surface area contributed by atoms with Crippen LogP contribution >= 0.6 is 15.8 Å². The Bertz CT molecular complexity index is 1060. The van der Waals surface area contributed by atoms with Gasteiger partial charge >= 0.3 is 0 Å². The first-order valence-electron chi connectivity index (χ1n) is 11.0. The van der Waals surface area contributed by atoms with Crippen LogP contribution in [0, 0.1) is 13.8 Å². The van der Waals surface area contributed by atoms with Crippen molar-refractivity contribution in [2.75, 3.05) is 20.1 Å². The zero-order chi connectivity index (χ0) is 23.2. The molecule has 4 aromatic carbocycles. The smallest absolute Gasteiger partial charge is 0.118 e. The molecule has 4 heteroatoms. The van der Waals surface area contributed by atoms with E-state index in [1.54, 1.807) is 14.2 Å². The van der Waals surface area contributed by atoms with Crippen molar-refractivity contribution in [1.29, 1.82) is 0 Å². The Morgan fingerprint density at radius 3 is 1.00 bits per heavy atom. The van der Waals surface area contributed by atoms with Crippen LogP contribution in [0.2, 0.25) is 0 Å². The van der Waals surface area contributed by atoms with E-state index in [-0.39, 0.29) is 0 Å². The molecule has 0 amide bonds. The van der Waals surface area contributed by atoms with Crippen LogP contribution in [0.25, 0.3) is 0 Å². The summed E-state index contributed by atoms with van der Waals surface area (Å²) in [6.45, 7) is 4.30. The maximum atomic E-state index is 5.42. The molecule has 4 aromatic rings. The first-order chi connectivity index (χ1) is 16.1. The molecule has 0 bridgehead atoms. The summed E-state index contributed by atoms with van der Waals surface area (Å²) in [7, 11) is 2.35. The van der Waals surface area contributed by atoms with Crippen LogP contribution in [0.15, 0.2) is 97.1 Å². The van der Waals surface area contributed by atoms with Crippen molar-refractivity contribution in [3.8, 4) is 11.5 Å². The Hall–Kier alpha value is -2.66. The van der Waals surface area contributed by atoms with E-state index in [4.69, 9.17) is 9.47 Å². The minimum absolute atomic E-state index is 0.544. The lowest BCUT2D eigenvalue weighted by molar-refractivity contribution is 0.415. The minimum Gasteiger partial charge on any atom is -0.497 e. The van der Waals surface area contributed by atoms with Crippen LogP contribution in [0.1, 0.15) is 11.1 Å². The predicted molar refractivity (Wildman–Crippen MR) is 146 cm³/mol. The molecule has 0 aromatic heterocycles. The molecule has 0 saturated heterocycles. The average Bonchev–Trinajstić information content (AvgIpc) is 2.86. The standard InChI is InChI=1S/C29H30O2P2/c1-22-5-13-26(14-6-22)32(28-17-9-24(30-3)10-18-28)21-33(27-15-7-23(2)8-16-27)29-19-11-25(31-4)12-20-29/h5-20H,21H2,1-4H3. The lowest BCUT2D eigenvalue weighted by Gasteiger charge is -2.26. The first-order valence-corrected chi connectivity index (χ1v) is 14.1. The van der Waals surface area contributed by atoms with Gasteiger partial charge < -0.3 is 9.47 Å². The van der Waals surface area contributed by atoms with Crippen molar-refractivity contribution in [3.63, 3.8) is 0 Å². The van der Waals surface area contributed by atoms with Gasteiger partial charge in [-0.15, -0.1) is 0 Å². The number of rotatable bonds is 8. The van der Waals surface area contributed by atoms with Gasteiger partial charge in [-0.3, -0.25) is 0 Å². The Morgan fingerprint density at radius 1 is 0.455 bits per heavy atom. The molecule has 0 N–H and O–H groups in total. The summed E-state index contributed by atoms with van der Waals surface area (Å²) in [4.78, 5) is 0. The highest BCUT2D eigenvalue weighted by atomic mass is 31.2. The zero-order valence-electron chi connectivity index (χ0n) is 19.7. The fourth-order valence-corrected chi connectivity index (χ4v) is 10.1. The Kier molecular flexibility index (Phi) is 7.81. The number of ether oxygens (including phenoxy) is 2. The van der Waals surface area contributed by atoms with E-state index < -0.39 is 15.8 Å². The van der Waals surface area contributed by atoms with E-state index in [1.165, 1.54) is 32.3 Å². The molecule has 0 spiro atoms. The Morgan fingerprint density at radius 2 is 0.727 bits per heavy atom. The van der Waals surface area contributed by atoms with Crippen LogP contribution in [0.3, 0.4) is 0 Å². The molecule has 0 aliphatic heterocycles. The molecule has 4 rings (SSSR count). The molecule has 0 heterocycles. The van der Waals surface area contributed by atoms with Crippen molar-refractivity contribution < 1.29 is 9.47 Å². The average molecular weight is 473 g/mol. The highest BCUT2D eigenvalue weighted by Gasteiger charge is 2.22. The third-order valence-electron chi connectivity index (χ3n) is 5.74. The van der Waals surface area contributed by atoms with Crippen molar-refractivity contribution in [2.45, 2.75) is 13.8 Å². The van der Waals surface area contributed by atoms with Crippen molar-refractivity contribution >= 4 is 37.1 Å². The SMILES string of the molecule is COc1ccc(P(CP(c2ccc(C)cc2)c2ccc(OC)cc2)c2ccc(C)cc2)cc1. The van der Waals surface area contributed by atoms with E-state index in [2.05, 4.69) is 111 Å². The molecule has 0 saturated carbocycles. The van der Waals surface area contributed by atoms with Crippen LogP contribution in [-0.4, -0.2) is 20.1 Å². The topological polar surface area (TPSA) is 18.5 Å². The summed E-state index contributed by atoms with van der Waals surface area (Å²) in [6, 6.07) is 35.4. The number of aryl methyl sites for hydroxylation is 2. The molecule has 0 aliphatic rings. The maximum Gasteiger partial charge on any atom is 0.118 e. The van der Waals surface area contributed by atoms with Gasteiger partial charge in [-0.05, 0) is 75.2 Å². The number of hydrogen-bond acceptors (Lipinski definition) is 2. The van der Waals surface area contributed by atoms with E-state index in [0.29, 0.717) is 0 Å². The second kappa shape index (κ2) is 11.0. The maximum absolute atomic E-state index is 5.42. The molecule has 2 atom stereocenters. The Balaban J connectivity index is 1.78. The van der Waals surface area contributed by atoms with Gasteiger partial charge in [-0.2, -0.15) is 0 Å². The highest BCUT2D eigenvalue weighted by molar-refractivity contribution is 7.88. The second-order valence-corrected chi connectivity index (χ2v) is 13.0. The van der Waals surface area contributed by atoms with Crippen LogP contribution in [0.5, 0.6) is 11.5 Å². The lowest BCUT2D eigenvalue weighted by atomic mass is 10.2. The van der Waals surface area contributed by atoms with Crippen LogP contribution < -0.4 is 30.7 Å². The van der Waals surface area contributed by atoms with Crippen molar-refractivity contribution in [3.05, 3.63) is 108 Å².